The van der Waals surface area contributed by atoms with Gasteiger partial charge in [-0.1, -0.05) is 206 Å². The number of hydrogen-bond acceptors (Lipinski definition) is 1. The van der Waals surface area contributed by atoms with Crippen LogP contribution in [0, 0.1) is 0 Å². The molecule has 0 amide bonds. The standard InChI is InChI=1S/C58H36S/c1-3-17-37(18-4-1)39-21-15-22-40(35-39)55-47-27-11-13-29-49(47)57(50-30-14-12-28-48(50)55)52-32-16-31-51-42-34-33-41(36-53(42)59-58(51)52)56-45-25-9-7-23-43(45)54(38-19-5-2-6-20-38)44-24-8-10-26-46(44)56/h1-36H. The highest BCUT2D eigenvalue weighted by atomic mass is 32.1. The summed E-state index contributed by atoms with van der Waals surface area (Å²) in [6.45, 7) is 0. The fourth-order valence-electron chi connectivity index (χ4n) is 9.72. The van der Waals surface area contributed by atoms with E-state index in [1.54, 1.807) is 0 Å². The molecule has 1 aromatic heterocycles. The van der Waals surface area contributed by atoms with Crippen LogP contribution in [-0.2, 0) is 0 Å². The van der Waals surface area contributed by atoms with Crippen molar-refractivity contribution in [2.24, 2.45) is 0 Å². The minimum atomic E-state index is 1.22. The number of benzene rings is 11. The van der Waals surface area contributed by atoms with Gasteiger partial charge in [0.15, 0.2) is 0 Å². The maximum atomic E-state index is 2.44. The Kier molecular flexibility index (Phi) is 7.82. The average molecular weight is 765 g/mol. The molecule has 0 bridgehead atoms. The average Bonchev–Trinajstić information content (AvgIpc) is 3.69. The van der Waals surface area contributed by atoms with Gasteiger partial charge in [0, 0.05) is 25.7 Å². The summed E-state index contributed by atoms with van der Waals surface area (Å²) < 4.78 is 2.62. The van der Waals surface area contributed by atoms with Crippen LogP contribution < -0.4 is 0 Å². The van der Waals surface area contributed by atoms with E-state index in [0.29, 0.717) is 0 Å². The minimum absolute atomic E-state index is 1.22. The van der Waals surface area contributed by atoms with Crippen molar-refractivity contribution in [2.45, 2.75) is 0 Å². The van der Waals surface area contributed by atoms with Crippen molar-refractivity contribution in [3.8, 4) is 55.6 Å². The predicted octanol–water partition coefficient (Wildman–Crippen LogP) is 17.0. The second-order valence-corrected chi connectivity index (χ2v) is 16.5. The van der Waals surface area contributed by atoms with Gasteiger partial charge in [-0.3, -0.25) is 0 Å². The van der Waals surface area contributed by atoms with Gasteiger partial charge in [0.1, 0.15) is 0 Å². The molecule has 0 nitrogen and oxygen atoms in total. The van der Waals surface area contributed by atoms with Crippen LogP contribution in [0.3, 0.4) is 0 Å². The third kappa shape index (κ3) is 5.36. The zero-order chi connectivity index (χ0) is 38.9. The molecule has 11 aromatic carbocycles. The number of rotatable bonds is 5. The molecule has 1 heterocycles. The zero-order valence-electron chi connectivity index (χ0n) is 32.2. The molecule has 0 aliphatic carbocycles. The molecule has 0 unspecified atom stereocenters. The fourth-order valence-corrected chi connectivity index (χ4v) is 11.0. The Labute approximate surface area is 346 Å². The lowest BCUT2D eigenvalue weighted by atomic mass is 9.85. The molecule has 12 aromatic rings. The monoisotopic (exact) mass is 764 g/mol. The van der Waals surface area contributed by atoms with Crippen molar-refractivity contribution in [3.05, 3.63) is 218 Å². The molecule has 274 valence electrons. The Balaban J connectivity index is 1.08. The van der Waals surface area contributed by atoms with Crippen LogP contribution in [0.1, 0.15) is 0 Å². The van der Waals surface area contributed by atoms with Crippen molar-refractivity contribution >= 4 is 74.6 Å². The largest absolute Gasteiger partial charge is 0.135 e. The summed E-state index contributed by atoms with van der Waals surface area (Å²) in [4.78, 5) is 0. The van der Waals surface area contributed by atoms with Gasteiger partial charge in [-0.15, -0.1) is 11.3 Å². The first-order valence-corrected chi connectivity index (χ1v) is 21.2. The topological polar surface area (TPSA) is 0 Å². The molecule has 0 aliphatic heterocycles. The van der Waals surface area contributed by atoms with Crippen LogP contribution in [0.2, 0.25) is 0 Å². The van der Waals surface area contributed by atoms with E-state index in [1.807, 2.05) is 11.3 Å². The molecule has 0 N–H and O–H groups in total. The summed E-state index contributed by atoms with van der Waals surface area (Å²) in [6.07, 6.45) is 0. The van der Waals surface area contributed by atoms with E-state index in [9.17, 15) is 0 Å². The van der Waals surface area contributed by atoms with Crippen LogP contribution in [-0.4, -0.2) is 0 Å². The summed E-state index contributed by atoms with van der Waals surface area (Å²) in [5.41, 5.74) is 12.6. The normalized spacial score (nSPS) is 11.7. The van der Waals surface area contributed by atoms with Crippen LogP contribution >= 0.6 is 11.3 Å². The Bertz CT molecular complexity index is 3480. The first-order valence-electron chi connectivity index (χ1n) is 20.3. The number of fused-ring (bicyclic) bond motifs is 7. The van der Waals surface area contributed by atoms with Crippen molar-refractivity contribution in [1.29, 1.82) is 0 Å². The summed E-state index contributed by atoms with van der Waals surface area (Å²) in [6, 6.07) is 80.6. The molecule has 0 saturated carbocycles. The smallest absolute Gasteiger partial charge is 0.0434 e. The van der Waals surface area contributed by atoms with E-state index >= 15 is 0 Å². The Morgan fingerprint density at radius 1 is 0.220 bits per heavy atom. The van der Waals surface area contributed by atoms with Crippen molar-refractivity contribution in [2.75, 3.05) is 0 Å². The number of hydrogen-bond donors (Lipinski definition) is 0. The Morgan fingerprint density at radius 2 is 0.610 bits per heavy atom. The van der Waals surface area contributed by atoms with Gasteiger partial charge < -0.3 is 0 Å². The van der Waals surface area contributed by atoms with E-state index in [1.165, 1.54) is 119 Å². The van der Waals surface area contributed by atoms with Gasteiger partial charge in [-0.25, -0.2) is 0 Å². The van der Waals surface area contributed by atoms with E-state index in [4.69, 9.17) is 0 Å². The SMILES string of the molecule is c1ccc(-c2cccc(-c3c4ccccc4c(-c4cccc5c4sc4cc(-c6c7ccccc7c(-c7ccccc7)c7ccccc67)ccc45)c4ccccc34)c2)cc1. The maximum absolute atomic E-state index is 2.44. The van der Waals surface area contributed by atoms with Crippen molar-refractivity contribution in [1.82, 2.24) is 0 Å². The quantitative estimate of drug-likeness (QED) is 0.153. The molecule has 1 heteroatoms. The molecule has 0 radical (unpaired) electrons. The molecular weight excluding hydrogens is 729 g/mol. The predicted molar refractivity (Wildman–Crippen MR) is 257 cm³/mol. The summed E-state index contributed by atoms with van der Waals surface area (Å²) in [5.74, 6) is 0. The summed E-state index contributed by atoms with van der Waals surface area (Å²) in [7, 11) is 0. The summed E-state index contributed by atoms with van der Waals surface area (Å²) >= 11 is 1.92. The highest BCUT2D eigenvalue weighted by molar-refractivity contribution is 7.26. The van der Waals surface area contributed by atoms with Gasteiger partial charge in [0.2, 0.25) is 0 Å². The lowest BCUT2D eigenvalue weighted by Crippen LogP contribution is -1.91. The minimum Gasteiger partial charge on any atom is -0.135 e. The van der Waals surface area contributed by atoms with E-state index in [-0.39, 0.29) is 0 Å². The maximum Gasteiger partial charge on any atom is 0.0434 e. The second-order valence-electron chi connectivity index (χ2n) is 15.5. The van der Waals surface area contributed by atoms with Gasteiger partial charge >= 0.3 is 0 Å². The highest BCUT2D eigenvalue weighted by Crippen LogP contribution is 2.50. The lowest BCUT2D eigenvalue weighted by Gasteiger charge is -2.18. The number of thiophene rings is 1. The van der Waals surface area contributed by atoms with Crippen molar-refractivity contribution < 1.29 is 0 Å². The van der Waals surface area contributed by atoms with Gasteiger partial charge in [0.05, 0.1) is 0 Å². The Morgan fingerprint density at radius 3 is 1.15 bits per heavy atom. The fraction of sp³-hybridized carbons (Fsp3) is 0. The van der Waals surface area contributed by atoms with Crippen LogP contribution in [0.25, 0.3) is 119 Å². The van der Waals surface area contributed by atoms with Crippen LogP contribution in [0.4, 0.5) is 0 Å². The third-order valence-electron chi connectivity index (χ3n) is 12.2. The van der Waals surface area contributed by atoms with E-state index < -0.39 is 0 Å². The molecule has 0 saturated heterocycles. The van der Waals surface area contributed by atoms with E-state index in [0.717, 1.165) is 0 Å². The van der Waals surface area contributed by atoms with Crippen LogP contribution in [0.5, 0.6) is 0 Å². The molecule has 0 fully saturated rings. The molecule has 59 heavy (non-hydrogen) atoms. The van der Waals surface area contributed by atoms with Crippen LogP contribution in [0.15, 0.2) is 218 Å². The lowest BCUT2D eigenvalue weighted by molar-refractivity contribution is 1.61. The molecule has 0 atom stereocenters. The van der Waals surface area contributed by atoms with Gasteiger partial charge in [0.25, 0.3) is 0 Å². The highest BCUT2D eigenvalue weighted by Gasteiger charge is 2.21. The first-order chi connectivity index (χ1) is 29.3. The first kappa shape index (κ1) is 33.8. The van der Waals surface area contributed by atoms with Gasteiger partial charge in [-0.05, 0) is 105 Å². The second kappa shape index (κ2) is 13.7. The van der Waals surface area contributed by atoms with Crippen molar-refractivity contribution in [3.63, 3.8) is 0 Å². The summed E-state index contributed by atoms with van der Waals surface area (Å²) in [5, 5.41) is 12.8. The zero-order valence-corrected chi connectivity index (χ0v) is 33.0. The van der Waals surface area contributed by atoms with Gasteiger partial charge in [-0.2, -0.15) is 0 Å². The molecule has 0 aliphatic rings. The molecule has 0 spiro atoms. The van der Waals surface area contributed by atoms with E-state index in [2.05, 4.69) is 218 Å². The molecule has 12 rings (SSSR count). The molecular formula is C58H36S. The Hall–Kier alpha value is -7.32. The third-order valence-corrected chi connectivity index (χ3v) is 13.4.